The molecule has 2 fully saturated rings. The molecule has 0 bridgehead atoms. The summed E-state index contributed by atoms with van der Waals surface area (Å²) in [7, 11) is 0. The van der Waals surface area contributed by atoms with Gasteiger partial charge in [-0.1, -0.05) is 13.3 Å². The van der Waals surface area contributed by atoms with Gasteiger partial charge in [0.15, 0.2) is 0 Å². The number of nitrogens with two attached hydrogens (primary N) is 1. The lowest BCUT2D eigenvalue weighted by atomic mass is 9.83. The van der Waals surface area contributed by atoms with Crippen LogP contribution in [-0.2, 0) is 0 Å². The van der Waals surface area contributed by atoms with Crippen LogP contribution in [0.25, 0.3) is 0 Å². The minimum Gasteiger partial charge on any atom is -0.330 e. The quantitative estimate of drug-likeness (QED) is 0.700. The average Bonchev–Trinajstić information content (AvgIpc) is 2.13. The van der Waals surface area contributed by atoms with E-state index in [-0.39, 0.29) is 0 Å². The first-order chi connectivity index (χ1) is 6.29. The van der Waals surface area contributed by atoms with Crippen molar-refractivity contribution in [2.24, 2.45) is 17.6 Å². The lowest BCUT2D eigenvalue weighted by Gasteiger charge is -2.46. The molecule has 76 valence electrons. The summed E-state index contributed by atoms with van der Waals surface area (Å²) in [6, 6.07) is 0.874. The molecule has 2 atom stereocenters. The molecule has 2 rings (SSSR count). The van der Waals surface area contributed by atoms with Crippen LogP contribution in [0.3, 0.4) is 0 Å². The van der Waals surface area contributed by atoms with E-state index < -0.39 is 0 Å². The highest BCUT2D eigenvalue weighted by atomic mass is 15.2. The third kappa shape index (κ3) is 2.05. The number of nitrogens with zero attached hydrogens (tertiary/aromatic N) is 1. The molecule has 1 saturated heterocycles. The Balaban J connectivity index is 1.79. The Hall–Kier alpha value is -0.0800. The first-order valence-corrected chi connectivity index (χ1v) is 5.73. The van der Waals surface area contributed by atoms with Gasteiger partial charge in [-0.2, -0.15) is 0 Å². The summed E-state index contributed by atoms with van der Waals surface area (Å²) in [6.07, 6.45) is 5.56. The molecule has 0 spiro atoms. The van der Waals surface area contributed by atoms with Gasteiger partial charge in [0, 0.05) is 19.1 Å². The SMILES string of the molecule is CC1CN(C2CCCC(CN)C2)C1. The van der Waals surface area contributed by atoms with Gasteiger partial charge < -0.3 is 5.73 Å². The molecule has 2 aliphatic rings. The van der Waals surface area contributed by atoms with Crippen molar-refractivity contribution >= 4 is 0 Å². The van der Waals surface area contributed by atoms with E-state index in [1.54, 1.807) is 0 Å². The third-order valence-corrected chi connectivity index (χ3v) is 3.70. The Morgan fingerprint density at radius 1 is 1.31 bits per heavy atom. The molecule has 1 heterocycles. The van der Waals surface area contributed by atoms with Gasteiger partial charge in [-0.05, 0) is 37.6 Å². The van der Waals surface area contributed by atoms with Gasteiger partial charge >= 0.3 is 0 Å². The Kier molecular flexibility index (Phi) is 2.89. The Morgan fingerprint density at radius 2 is 2.08 bits per heavy atom. The smallest absolute Gasteiger partial charge is 0.00986 e. The Morgan fingerprint density at radius 3 is 2.69 bits per heavy atom. The zero-order chi connectivity index (χ0) is 9.26. The van der Waals surface area contributed by atoms with E-state index in [4.69, 9.17) is 5.73 Å². The molecular weight excluding hydrogens is 160 g/mol. The molecule has 0 aromatic heterocycles. The van der Waals surface area contributed by atoms with Crippen LogP contribution in [0.15, 0.2) is 0 Å². The highest BCUT2D eigenvalue weighted by molar-refractivity contribution is 4.87. The largest absolute Gasteiger partial charge is 0.330 e. The Labute approximate surface area is 81.5 Å². The van der Waals surface area contributed by atoms with Gasteiger partial charge in [-0.15, -0.1) is 0 Å². The van der Waals surface area contributed by atoms with E-state index in [0.717, 1.165) is 24.4 Å². The summed E-state index contributed by atoms with van der Waals surface area (Å²) in [5, 5.41) is 0. The number of rotatable bonds is 2. The maximum Gasteiger partial charge on any atom is 0.00986 e. The zero-order valence-corrected chi connectivity index (χ0v) is 8.71. The molecule has 13 heavy (non-hydrogen) atoms. The third-order valence-electron chi connectivity index (χ3n) is 3.70. The molecular formula is C11H22N2. The minimum absolute atomic E-state index is 0.814. The van der Waals surface area contributed by atoms with E-state index in [1.807, 2.05) is 0 Å². The molecule has 2 nitrogen and oxygen atoms in total. The molecule has 0 aromatic carbocycles. The fraction of sp³-hybridized carbons (Fsp3) is 1.00. The van der Waals surface area contributed by atoms with Crippen molar-refractivity contribution in [3.05, 3.63) is 0 Å². The predicted molar refractivity (Wildman–Crippen MR) is 55.5 cm³/mol. The van der Waals surface area contributed by atoms with Gasteiger partial charge in [0.2, 0.25) is 0 Å². The summed E-state index contributed by atoms with van der Waals surface area (Å²) < 4.78 is 0. The molecule has 1 aliphatic carbocycles. The maximum atomic E-state index is 5.73. The van der Waals surface area contributed by atoms with Crippen LogP contribution < -0.4 is 5.73 Å². The monoisotopic (exact) mass is 182 g/mol. The average molecular weight is 182 g/mol. The molecule has 0 radical (unpaired) electrons. The topological polar surface area (TPSA) is 29.3 Å². The molecule has 2 N–H and O–H groups in total. The lowest BCUT2D eigenvalue weighted by molar-refractivity contribution is 0.0329. The van der Waals surface area contributed by atoms with Gasteiger partial charge in [0.25, 0.3) is 0 Å². The second-order valence-corrected chi connectivity index (χ2v) is 4.98. The van der Waals surface area contributed by atoms with E-state index >= 15 is 0 Å². The van der Waals surface area contributed by atoms with Crippen molar-refractivity contribution in [2.75, 3.05) is 19.6 Å². The highest BCUT2D eigenvalue weighted by Crippen LogP contribution is 2.30. The highest BCUT2D eigenvalue weighted by Gasteiger charge is 2.32. The molecule has 0 amide bonds. The summed E-state index contributed by atoms with van der Waals surface area (Å²) in [6.45, 7) is 5.92. The summed E-state index contributed by atoms with van der Waals surface area (Å²) in [5.41, 5.74) is 5.73. The van der Waals surface area contributed by atoms with Crippen molar-refractivity contribution in [1.29, 1.82) is 0 Å². The second kappa shape index (κ2) is 3.97. The van der Waals surface area contributed by atoms with Crippen molar-refractivity contribution < 1.29 is 0 Å². The lowest BCUT2D eigenvalue weighted by Crippen LogP contribution is -2.52. The van der Waals surface area contributed by atoms with Crippen molar-refractivity contribution in [3.63, 3.8) is 0 Å². The van der Waals surface area contributed by atoms with E-state index in [2.05, 4.69) is 11.8 Å². The fourth-order valence-electron chi connectivity index (χ4n) is 2.85. The predicted octanol–water partition coefficient (Wildman–Crippen LogP) is 1.46. The van der Waals surface area contributed by atoms with Crippen LogP contribution in [-0.4, -0.2) is 30.6 Å². The van der Waals surface area contributed by atoms with Crippen LogP contribution in [0, 0.1) is 11.8 Å². The van der Waals surface area contributed by atoms with Crippen molar-refractivity contribution in [3.8, 4) is 0 Å². The Bertz CT molecular complexity index is 163. The summed E-state index contributed by atoms with van der Waals surface area (Å²) >= 11 is 0. The van der Waals surface area contributed by atoms with Crippen LogP contribution in [0.5, 0.6) is 0 Å². The van der Waals surface area contributed by atoms with Crippen LogP contribution in [0.2, 0.25) is 0 Å². The number of hydrogen-bond donors (Lipinski definition) is 1. The van der Waals surface area contributed by atoms with Crippen molar-refractivity contribution in [1.82, 2.24) is 4.90 Å². The number of likely N-dealkylation sites (tertiary alicyclic amines) is 1. The second-order valence-electron chi connectivity index (χ2n) is 4.98. The van der Waals surface area contributed by atoms with E-state index in [0.29, 0.717) is 0 Å². The van der Waals surface area contributed by atoms with Gasteiger partial charge in [-0.3, -0.25) is 4.90 Å². The molecule has 1 saturated carbocycles. The standard InChI is InChI=1S/C11H22N2/c1-9-7-13(8-9)11-4-2-3-10(5-11)6-12/h9-11H,2-8,12H2,1H3. The number of hydrogen-bond acceptors (Lipinski definition) is 2. The van der Waals surface area contributed by atoms with Gasteiger partial charge in [0.1, 0.15) is 0 Å². The molecule has 2 unspecified atom stereocenters. The summed E-state index contributed by atoms with van der Waals surface area (Å²) in [5.74, 6) is 1.76. The summed E-state index contributed by atoms with van der Waals surface area (Å²) in [4.78, 5) is 2.66. The fourth-order valence-corrected chi connectivity index (χ4v) is 2.85. The van der Waals surface area contributed by atoms with E-state index in [1.165, 1.54) is 38.8 Å². The maximum absolute atomic E-state index is 5.73. The zero-order valence-electron chi connectivity index (χ0n) is 8.71. The van der Waals surface area contributed by atoms with E-state index in [9.17, 15) is 0 Å². The van der Waals surface area contributed by atoms with Gasteiger partial charge in [-0.25, -0.2) is 0 Å². The minimum atomic E-state index is 0.814. The normalized spacial score (nSPS) is 37.4. The molecule has 1 aliphatic heterocycles. The van der Waals surface area contributed by atoms with Crippen LogP contribution in [0.4, 0.5) is 0 Å². The first-order valence-electron chi connectivity index (χ1n) is 5.73. The van der Waals surface area contributed by atoms with Gasteiger partial charge in [0.05, 0.1) is 0 Å². The van der Waals surface area contributed by atoms with Crippen molar-refractivity contribution in [2.45, 2.75) is 38.6 Å². The van der Waals surface area contributed by atoms with Crippen LogP contribution >= 0.6 is 0 Å². The molecule has 0 aromatic rings. The van der Waals surface area contributed by atoms with Crippen LogP contribution in [0.1, 0.15) is 32.6 Å². The first kappa shape index (κ1) is 9.47. The molecule has 2 heteroatoms.